The maximum atomic E-state index is 10.9. The van der Waals surface area contributed by atoms with Crippen molar-refractivity contribution in [2.45, 2.75) is 32.7 Å². The average Bonchev–Trinajstić information content (AvgIpc) is 2.14. The fourth-order valence-corrected chi connectivity index (χ4v) is 1.66. The fraction of sp³-hybridized carbons (Fsp3) is 0.800. The number of nitrogens with two attached hydrogens (primary N) is 2. The molecule has 0 rings (SSSR count). The summed E-state index contributed by atoms with van der Waals surface area (Å²) >= 11 is 5.06. The Morgan fingerprint density at radius 1 is 1.47 bits per heavy atom. The molecule has 88 valence electrons. The number of aliphatic carboxylic acids is 1. The molecule has 0 aromatic rings. The van der Waals surface area contributed by atoms with Gasteiger partial charge in [0.1, 0.15) is 0 Å². The van der Waals surface area contributed by atoms with Crippen LogP contribution in [0.3, 0.4) is 0 Å². The SMILES string of the molecule is CC(C)C[C@H](CC(=S)[C@@H](N)CN)C(=O)O. The minimum atomic E-state index is -0.810. The third-order valence-corrected chi connectivity index (χ3v) is 2.69. The summed E-state index contributed by atoms with van der Waals surface area (Å²) in [5.74, 6) is -0.909. The van der Waals surface area contributed by atoms with E-state index in [-0.39, 0.29) is 12.6 Å². The van der Waals surface area contributed by atoms with E-state index in [0.717, 1.165) is 0 Å². The van der Waals surface area contributed by atoms with Crippen LogP contribution >= 0.6 is 12.2 Å². The number of carbonyl (C=O) groups is 1. The first kappa shape index (κ1) is 14.5. The summed E-state index contributed by atoms with van der Waals surface area (Å²) < 4.78 is 0. The van der Waals surface area contributed by atoms with Crippen molar-refractivity contribution in [3.63, 3.8) is 0 Å². The van der Waals surface area contributed by atoms with Crippen LogP contribution in [0, 0.1) is 11.8 Å². The summed E-state index contributed by atoms with van der Waals surface area (Å²) in [6.07, 6.45) is 0.966. The summed E-state index contributed by atoms with van der Waals surface area (Å²) in [7, 11) is 0. The standard InChI is InChI=1S/C10H20N2O2S/c1-6(2)3-7(10(13)14)4-9(15)8(12)5-11/h6-8H,3-5,11-12H2,1-2H3,(H,13,14)/t7-,8+/m1/s1. The van der Waals surface area contributed by atoms with Crippen molar-refractivity contribution in [2.24, 2.45) is 23.3 Å². The lowest BCUT2D eigenvalue weighted by Crippen LogP contribution is -2.38. The number of thiocarbonyl (C=S) groups is 1. The Hall–Kier alpha value is -0.520. The second-order valence-electron chi connectivity index (χ2n) is 4.18. The van der Waals surface area contributed by atoms with Gasteiger partial charge in [-0.15, -0.1) is 0 Å². The lowest BCUT2D eigenvalue weighted by Gasteiger charge is -2.17. The summed E-state index contributed by atoms with van der Waals surface area (Å²) in [5, 5.41) is 8.99. The predicted molar refractivity (Wildman–Crippen MR) is 64.8 cm³/mol. The molecule has 2 atom stereocenters. The lowest BCUT2D eigenvalue weighted by molar-refractivity contribution is -0.142. The molecule has 0 saturated carbocycles. The van der Waals surface area contributed by atoms with Crippen molar-refractivity contribution in [2.75, 3.05) is 6.54 Å². The molecule has 0 aromatic carbocycles. The van der Waals surface area contributed by atoms with Crippen molar-refractivity contribution in [1.29, 1.82) is 0 Å². The highest BCUT2D eigenvalue weighted by Crippen LogP contribution is 2.17. The second kappa shape index (κ2) is 6.87. The minimum Gasteiger partial charge on any atom is -0.481 e. The summed E-state index contributed by atoms with van der Waals surface area (Å²) in [6, 6.07) is -0.367. The zero-order chi connectivity index (χ0) is 12.0. The second-order valence-corrected chi connectivity index (χ2v) is 4.70. The van der Waals surface area contributed by atoms with Gasteiger partial charge < -0.3 is 16.6 Å². The molecule has 4 nitrogen and oxygen atoms in total. The summed E-state index contributed by atoms with van der Waals surface area (Å²) in [4.78, 5) is 11.5. The van der Waals surface area contributed by atoms with Gasteiger partial charge in [-0.05, 0) is 18.8 Å². The van der Waals surface area contributed by atoms with Crippen LogP contribution in [0.1, 0.15) is 26.7 Å². The van der Waals surface area contributed by atoms with E-state index in [9.17, 15) is 4.79 Å². The van der Waals surface area contributed by atoms with E-state index < -0.39 is 11.9 Å². The molecular weight excluding hydrogens is 212 g/mol. The van der Waals surface area contributed by atoms with E-state index in [0.29, 0.717) is 23.6 Å². The molecule has 0 unspecified atom stereocenters. The molecule has 0 aliphatic carbocycles. The maximum Gasteiger partial charge on any atom is 0.306 e. The molecular formula is C10H20N2O2S. The maximum absolute atomic E-state index is 10.9. The Balaban J connectivity index is 4.29. The van der Waals surface area contributed by atoms with Crippen LogP contribution in [0.15, 0.2) is 0 Å². The molecule has 0 fully saturated rings. The fourth-order valence-electron chi connectivity index (χ4n) is 1.37. The van der Waals surface area contributed by atoms with Gasteiger partial charge in [0.2, 0.25) is 0 Å². The van der Waals surface area contributed by atoms with Crippen molar-refractivity contribution in [3.05, 3.63) is 0 Å². The van der Waals surface area contributed by atoms with Crippen molar-refractivity contribution < 1.29 is 9.90 Å². The first-order valence-electron chi connectivity index (χ1n) is 5.09. The van der Waals surface area contributed by atoms with Crippen LogP contribution in [-0.4, -0.2) is 28.5 Å². The molecule has 0 aliphatic rings. The van der Waals surface area contributed by atoms with E-state index in [1.54, 1.807) is 0 Å². The average molecular weight is 232 g/mol. The first-order chi connectivity index (χ1) is 6.88. The Bertz CT molecular complexity index is 231. The molecule has 0 spiro atoms. The normalized spacial score (nSPS) is 15.0. The van der Waals surface area contributed by atoms with Crippen molar-refractivity contribution in [1.82, 2.24) is 0 Å². The third kappa shape index (κ3) is 5.81. The van der Waals surface area contributed by atoms with Gasteiger partial charge in [-0.3, -0.25) is 4.79 Å². The molecule has 0 saturated heterocycles. The predicted octanol–water partition coefficient (Wildman–Crippen LogP) is 0.779. The monoisotopic (exact) mass is 232 g/mol. The number of hydrogen-bond acceptors (Lipinski definition) is 4. The Morgan fingerprint density at radius 2 is 2.00 bits per heavy atom. The molecule has 0 bridgehead atoms. The van der Waals surface area contributed by atoms with Crippen LogP contribution in [0.4, 0.5) is 0 Å². The highest BCUT2D eigenvalue weighted by atomic mass is 32.1. The topological polar surface area (TPSA) is 89.3 Å². The number of carboxylic acids is 1. The van der Waals surface area contributed by atoms with Gasteiger partial charge >= 0.3 is 5.97 Å². The van der Waals surface area contributed by atoms with Crippen LogP contribution in [0.25, 0.3) is 0 Å². The van der Waals surface area contributed by atoms with Gasteiger partial charge in [-0.1, -0.05) is 26.1 Å². The van der Waals surface area contributed by atoms with Crippen molar-refractivity contribution in [3.8, 4) is 0 Å². The molecule has 0 amide bonds. The number of rotatable bonds is 7. The van der Waals surface area contributed by atoms with E-state index in [1.165, 1.54) is 0 Å². The molecule has 5 N–H and O–H groups in total. The quantitative estimate of drug-likeness (QED) is 0.564. The Kier molecular flexibility index (Phi) is 6.63. The zero-order valence-electron chi connectivity index (χ0n) is 9.27. The highest BCUT2D eigenvalue weighted by molar-refractivity contribution is 7.80. The Morgan fingerprint density at radius 3 is 2.33 bits per heavy atom. The minimum absolute atomic E-state index is 0.271. The third-order valence-electron chi connectivity index (χ3n) is 2.22. The van der Waals surface area contributed by atoms with Gasteiger partial charge in [0, 0.05) is 17.5 Å². The molecule has 15 heavy (non-hydrogen) atoms. The van der Waals surface area contributed by atoms with Crippen molar-refractivity contribution >= 4 is 23.1 Å². The largest absolute Gasteiger partial charge is 0.481 e. The van der Waals surface area contributed by atoms with Gasteiger partial charge in [0.15, 0.2) is 0 Å². The zero-order valence-corrected chi connectivity index (χ0v) is 10.1. The van der Waals surface area contributed by atoms with Crippen LogP contribution in [0.5, 0.6) is 0 Å². The number of carboxylic acid groups (broad SMARTS) is 1. The van der Waals surface area contributed by atoms with Crippen LogP contribution in [0.2, 0.25) is 0 Å². The van der Waals surface area contributed by atoms with E-state index in [4.69, 9.17) is 28.8 Å². The van der Waals surface area contributed by atoms with Gasteiger partial charge in [-0.25, -0.2) is 0 Å². The molecule has 5 heteroatoms. The molecule has 0 heterocycles. The molecule has 0 aliphatic heterocycles. The summed E-state index contributed by atoms with van der Waals surface area (Å²) in [6.45, 7) is 4.25. The van der Waals surface area contributed by atoms with Gasteiger partial charge in [-0.2, -0.15) is 0 Å². The smallest absolute Gasteiger partial charge is 0.306 e. The lowest BCUT2D eigenvalue weighted by atomic mass is 9.91. The molecule has 0 aromatic heterocycles. The van der Waals surface area contributed by atoms with Crippen LogP contribution in [-0.2, 0) is 4.79 Å². The van der Waals surface area contributed by atoms with Crippen LogP contribution < -0.4 is 11.5 Å². The summed E-state index contributed by atoms with van der Waals surface area (Å²) in [5.41, 5.74) is 11.0. The van der Waals surface area contributed by atoms with E-state index in [1.807, 2.05) is 13.8 Å². The first-order valence-corrected chi connectivity index (χ1v) is 5.50. The highest BCUT2D eigenvalue weighted by Gasteiger charge is 2.22. The van der Waals surface area contributed by atoms with E-state index >= 15 is 0 Å². The van der Waals surface area contributed by atoms with E-state index in [2.05, 4.69) is 0 Å². The number of hydrogen-bond donors (Lipinski definition) is 3. The van der Waals surface area contributed by atoms with Gasteiger partial charge in [0.25, 0.3) is 0 Å². The Labute approximate surface area is 96.0 Å². The van der Waals surface area contributed by atoms with Gasteiger partial charge in [0.05, 0.1) is 5.92 Å². The molecule has 0 radical (unpaired) electrons.